The van der Waals surface area contributed by atoms with Crippen molar-refractivity contribution in [2.45, 2.75) is 19.4 Å². The fourth-order valence-electron chi connectivity index (χ4n) is 2.69. The lowest BCUT2D eigenvalue weighted by atomic mass is 10.1. The van der Waals surface area contributed by atoms with E-state index in [4.69, 9.17) is 21.8 Å². The second kappa shape index (κ2) is 8.38. The average Bonchev–Trinajstić information content (AvgIpc) is 3.27. The van der Waals surface area contributed by atoms with E-state index < -0.39 is 0 Å². The van der Waals surface area contributed by atoms with Gasteiger partial charge < -0.3 is 20.4 Å². The number of hydrogen-bond acceptors (Lipinski definition) is 4. The first kappa shape index (κ1) is 19.3. The highest BCUT2D eigenvalue weighted by atomic mass is 35.5. The number of likely N-dealkylation sites (tertiary alicyclic amines) is 1. The molecule has 1 aromatic heterocycles. The van der Waals surface area contributed by atoms with Gasteiger partial charge in [0.1, 0.15) is 12.0 Å². The summed E-state index contributed by atoms with van der Waals surface area (Å²) in [6, 6.07) is 6.43. The Morgan fingerprint density at radius 3 is 2.60 bits per heavy atom. The van der Waals surface area contributed by atoms with Gasteiger partial charge in [0.25, 0.3) is 11.8 Å². The minimum atomic E-state index is -0.365. The van der Waals surface area contributed by atoms with Gasteiger partial charge in [0, 0.05) is 18.1 Å². The minimum Gasteiger partial charge on any atom is -0.467 e. The van der Waals surface area contributed by atoms with Gasteiger partial charge in [0.2, 0.25) is 0 Å². The summed E-state index contributed by atoms with van der Waals surface area (Å²) in [5.41, 5.74) is 6.64. The predicted molar refractivity (Wildman–Crippen MR) is 98.4 cm³/mol. The van der Waals surface area contributed by atoms with Gasteiger partial charge in [0.05, 0.1) is 23.4 Å². The topological polar surface area (TPSA) is 88.6 Å². The number of amides is 2. The Kier molecular flexibility index (Phi) is 6.47. The summed E-state index contributed by atoms with van der Waals surface area (Å²) in [4.78, 5) is 26.8. The molecule has 1 aromatic carbocycles. The molecule has 8 heteroatoms. The molecule has 0 unspecified atom stereocenters. The maximum Gasteiger partial charge on any atom is 0.258 e. The first-order valence-electron chi connectivity index (χ1n) is 7.76. The summed E-state index contributed by atoms with van der Waals surface area (Å²) in [7, 11) is 0. The maximum absolute atomic E-state index is 12.7. The third-order valence-corrected chi connectivity index (χ3v) is 4.21. The van der Waals surface area contributed by atoms with Crippen molar-refractivity contribution < 1.29 is 14.0 Å². The highest BCUT2D eigenvalue weighted by Gasteiger charge is 2.23. The van der Waals surface area contributed by atoms with Gasteiger partial charge in [-0.15, -0.1) is 12.4 Å². The van der Waals surface area contributed by atoms with E-state index in [2.05, 4.69) is 5.32 Å². The number of nitrogens with two attached hydrogens (primary N) is 1. The van der Waals surface area contributed by atoms with Gasteiger partial charge >= 0.3 is 0 Å². The third-order valence-electron chi connectivity index (χ3n) is 3.97. The van der Waals surface area contributed by atoms with Gasteiger partial charge in [-0.3, -0.25) is 9.59 Å². The van der Waals surface area contributed by atoms with Crippen LogP contribution in [0.4, 0.5) is 5.69 Å². The number of halogens is 2. The lowest BCUT2D eigenvalue weighted by Gasteiger charge is -2.18. The Morgan fingerprint density at radius 2 is 1.96 bits per heavy atom. The molecule has 3 N–H and O–H groups in total. The van der Waals surface area contributed by atoms with Crippen molar-refractivity contribution in [3.8, 4) is 0 Å². The average molecular weight is 384 g/mol. The van der Waals surface area contributed by atoms with Crippen LogP contribution < -0.4 is 11.1 Å². The monoisotopic (exact) mass is 383 g/mol. The number of carbonyl (C=O) groups excluding carboxylic acids is 2. The smallest absolute Gasteiger partial charge is 0.258 e. The van der Waals surface area contributed by atoms with Crippen molar-refractivity contribution in [3.63, 3.8) is 0 Å². The van der Waals surface area contributed by atoms with Crippen LogP contribution in [-0.4, -0.2) is 29.8 Å². The van der Waals surface area contributed by atoms with Crippen molar-refractivity contribution >= 4 is 41.5 Å². The van der Waals surface area contributed by atoms with Gasteiger partial charge in [-0.05, 0) is 37.1 Å². The Balaban J connectivity index is 0.00000225. The summed E-state index contributed by atoms with van der Waals surface area (Å²) in [6.45, 7) is 1.66. The lowest BCUT2D eigenvalue weighted by Crippen LogP contribution is -2.28. The van der Waals surface area contributed by atoms with Crippen LogP contribution in [0.5, 0.6) is 0 Å². The van der Waals surface area contributed by atoms with E-state index in [0.717, 1.165) is 25.9 Å². The molecule has 134 valence electrons. The quantitative estimate of drug-likeness (QED) is 0.847. The van der Waals surface area contributed by atoms with Gasteiger partial charge in [0.15, 0.2) is 0 Å². The van der Waals surface area contributed by atoms with E-state index in [9.17, 15) is 9.59 Å². The van der Waals surface area contributed by atoms with Gasteiger partial charge in [-0.2, -0.15) is 0 Å². The van der Waals surface area contributed by atoms with Crippen LogP contribution in [0.2, 0.25) is 5.02 Å². The molecule has 0 bridgehead atoms. The van der Waals surface area contributed by atoms with Crippen LogP contribution in [0.15, 0.2) is 34.9 Å². The van der Waals surface area contributed by atoms with E-state index >= 15 is 0 Å². The Morgan fingerprint density at radius 1 is 1.24 bits per heavy atom. The molecule has 3 rings (SSSR count). The maximum atomic E-state index is 12.7. The second-order valence-corrected chi connectivity index (χ2v) is 6.09. The predicted octanol–water partition coefficient (Wildman–Crippen LogP) is 3.30. The normalized spacial score (nSPS) is 13.4. The SMILES string of the molecule is Cl.NCc1cc(C(=O)Nc2ccc(Cl)cc2C(=O)N2CCCC2)co1. The molecule has 1 aliphatic heterocycles. The van der Waals surface area contributed by atoms with Crippen molar-refractivity contribution in [2.24, 2.45) is 5.73 Å². The van der Waals surface area contributed by atoms with Crippen molar-refractivity contribution in [1.82, 2.24) is 4.90 Å². The zero-order valence-electron chi connectivity index (χ0n) is 13.5. The van der Waals surface area contributed by atoms with Crippen LogP contribution in [0.25, 0.3) is 0 Å². The van der Waals surface area contributed by atoms with Gasteiger partial charge in [-0.1, -0.05) is 11.6 Å². The van der Waals surface area contributed by atoms with Crippen LogP contribution in [-0.2, 0) is 6.54 Å². The minimum absolute atomic E-state index is 0. The van der Waals surface area contributed by atoms with E-state index in [1.807, 2.05) is 0 Å². The van der Waals surface area contributed by atoms with Crippen molar-refractivity contribution in [2.75, 3.05) is 18.4 Å². The number of anilines is 1. The van der Waals surface area contributed by atoms with Crippen molar-refractivity contribution in [3.05, 3.63) is 52.4 Å². The fourth-order valence-corrected chi connectivity index (χ4v) is 2.87. The molecule has 0 saturated carbocycles. The van der Waals surface area contributed by atoms with Crippen LogP contribution >= 0.6 is 24.0 Å². The summed E-state index contributed by atoms with van der Waals surface area (Å²) in [5.74, 6) is 0.0287. The fraction of sp³-hybridized carbons (Fsp3) is 0.294. The molecule has 1 fully saturated rings. The number of nitrogens with zero attached hydrogens (tertiary/aromatic N) is 1. The molecule has 0 aliphatic carbocycles. The first-order valence-corrected chi connectivity index (χ1v) is 8.14. The summed E-state index contributed by atoms with van der Waals surface area (Å²) in [5, 5.41) is 3.20. The second-order valence-electron chi connectivity index (χ2n) is 5.65. The largest absolute Gasteiger partial charge is 0.467 e. The Labute approximate surface area is 156 Å². The highest BCUT2D eigenvalue weighted by molar-refractivity contribution is 6.31. The van der Waals surface area contributed by atoms with E-state index in [0.29, 0.717) is 27.6 Å². The molecule has 25 heavy (non-hydrogen) atoms. The number of rotatable bonds is 4. The summed E-state index contributed by atoms with van der Waals surface area (Å²) >= 11 is 6.03. The molecule has 0 radical (unpaired) electrons. The molecule has 0 atom stereocenters. The number of hydrogen-bond donors (Lipinski definition) is 2. The van der Waals surface area contributed by atoms with Crippen LogP contribution in [0.3, 0.4) is 0 Å². The van der Waals surface area contributed by atoms with Crippen LogP contribution in [0.1, 0.15) is 39.3 Å². The summed E-state index contributed by atoms with van der Waals surface area (Å²) < 4.78 is 5.17. The Bertz CT molecular complexity index is 770. The number of nitrogens with one attached hydrogen (secondary N) is 1. The molecular weight excluding hydrogens is 365 g/mol. The molecule has 2 amide bonds. The number of benzene rings is 1. The molecule has 6 nitrogen and oxygen atoms in total. The number of carbonyl (C=O) groups is 2. The standard InChI is InChI=1S/C17H18ClN3O3.ClH/c18-12-3-4-15(14(8-12)17(23)21-5-1-2-6-21)20-16(22)11-7-13(9-19)24-10-11;/h3-4,7-8,10H,1-2,5-6,9,19H2,(H,20,22);1H. The summed E-state index contributed by atoms with van der Waals surface area (Å²) in [6.07, 6.45) is 3.32. The Hall–Kier alpha value is -2.02. The van der Waals surface area contributed by atoms with Crippen LogP contribution in [0, 0.1) is 0 Å². The molecule has 2 heterocycles. The van der Waals surface area contributed by atoms with E-state index in [-0.39, 0.29) is 30.8 Å². The molecule has 2 aromatic rings. The number of furan rings is 1. The molecular formula is C17H19Cl2N3O3. The van der Waals surface area contributed by atoms with E-state index in [1.165, 1.54) is 6.26 Å². The first-order chi connectivity index (χ1) is 11.6. The van der Waals surface area contributed by atoms with E-state index in [1.54, 1.807) is 29.2 Å². The zero-order valence-corrected chi connectivity index (χ0v) is 15.0. The highest BCUT2D eigenvalue weighted by Crippen LogP contribution is 2.24. The molecule has 0 spiro atoms. The third kappa shape index (κ3) is 4.34. The van der Waals surface area contributed by atoms with Crippen molar-refractivity contribution in [1.29, 1.82) is 0 Å². The molecule has 1 aliphatic rings. The lowest BCUT2D eigenvalue weighted by molar-refractivity contribution is 0.0794. The molecule has 1 saturated heterocycles. The zero-order chi connectivity index (χ0) is 17.1. The van der Waals surface area contributed by atoms with Gasteiger partial charge in [-0.25, -0.2) is 0 Å².